The number of hydrogen-bond donors (Lipinski definition) is 1. The monoisotopic (exact) mass is 306 g/mol. The molecule has 0 fully saturated rings. The second-order valence-corrected chi connectivity index (χ2v) is 6.02. The van der Waals surface area contributed by atoms with E-state index < -0.39 is 0 Å². The van der Waals surface area contributed by atoms with Gasteiger partial charge in [0.1, 0.15) is 0 Å². The summed E-state index contributed by atoms with van der Waals surface area (Å²) >= 11 is 0. The summed E-state index contributed by atoms with van der Waals surface area (Å²) in [4.78, 5) is 12.8. The number of carbonyl (C=O) groups is 1. The molecule has 1 amide bonds. The molecule has 0 aliphatic carbocycles. The highest BCUT2D eigenvalue weighted by Crippen LogP contribution is 2.22. The van der Waals surface area contributed by atoms with E-state index in [2.05, 4.69) is 43.4 Å². The average molecular weight is 306 g/mol. The Labute approximate surface area is 136 Å². The van der Waals surface area contributed by atoms with Crippen LogP contribution in [0.4, 0.5) is 0 Å². The van der Waals surface area contributed by atoms with Gasteiger partial charge in [-0.05, 0) is 25.0 Å². The van der Waals surface area contributed by atoms with Gasteiger partial charge in [0.25, 0.3) is 5.91 Å². The fraction of sp³-hybridized carbons (Fsp3) is 0.250. The van der Waals surface area contributed by atoms with Crippen LogP contribution < -0.4 is 5.32 Å². The summed E-state index contributed by atoms with van der Waals surface area (Å²) in [5, 5.41) is 4.16. The summed E-state index contributed by atoms with van der Waals surface area (Å²) in [6.07, 6.45) is 2.77. The molecule has 0 bridgehead atoms. The number of fused-ring (bicyclic) bond motifs is 1. The van der Waals surface area contributed by atoms with Crippen LogP contribution in [0.1, 0.15) is 40.9 Å². The summed E-state index contributed by atoms with van der Waals surface area (Å²) in [7, 11) is 1.97. The van der Waals surface area contributed by atoms with E-state index in [4.69, 9.17) is 0 Å². The lowest BCUT2D eigenvalue weighted by molar-refractivity contribution is 0.0937. The zero-order valence-corrected chi connectivity index (χ0v) is 13.8. The van der Waals surface area contributed by atoms with E-state index in [1.165, 1.54) is 5.56 Å². The Hall–Kier alpha value is -2.55. The number of rotatable bonds is 4. The number of aryl methyl sites for hydroxylation is 2. The predicted molar refractivity (Wildman–Crippen MR) is 94.6 cm³/mol. The lowest BCUT2D eigenvalue weighted by atomic mass is 10.0. The first-order chi connectivity index (χ1) is 11.1. The molecule has 3 heteroatoms. The predicted octanol–water partition coefficient (Wildman–Crippen LogP) is 4.37. The second kappa shape index (κ2) is 6.29. The maximum absolute atomic E-state index is 12.8. The van der Waals surface area contributed by atoms with Gasteiger partial charge in [-0.2, -0.15) is 0 Å². The number of nitrogens with one attached hydrogen (secondary N) is 1. The topological polar surface area (TPSA) is 34.0 Å². The molecule has 1 aromatic heterocycles. The van der Waals surface area contributed by atoms with Crippen molar-refractivity contribution in [1.82, 2.24) is 9.88 Å². The molecule has 2 aromatic carbocycles. The van der Waals surface area contributed by atoms with E-state index in [1.807, 2.05) is 42.1 Å². The molecule has 0 spiro atoms. The highest BCUT2D eigenvalue weighted by atomic mass is 16.1. The summed E-state index contributed by atoms with van der Waals surface area (Å²) in [5.74, 6) is -0.0192. The van der Waals surface area contributed by atoms with Gasteiger partial charge >= 0.3 is 0 Å². The molecule has 3 aromatic rings. The fourth-order valence-corrected chi connectivity index (χ4v) is 2.98. The quantitative estimate of drug-likeness (QED) is 0.763. The number of para-hydroxylation sites is 1. The van der Waals surface area contributed by atoms with Crippen molar-refractivity contribution in [2.24, 2.45) is 7.05 Å². The first-order valence-electron chi connectivity index (χ1n) is 8.01. The van der Waals surface area contributed by atoms with Gasteiger partial charge in [0.05, 0.1) is 11.6 Å². The van der Waals surface area contributed by atoms with Crippen molar-refractivity contribution in [1.29, 1.82) is 0 Å². The molecule has 3 rings (SSSR count). The minimum atomic E-state index is -0.0192. The van der Waals surface area contributed by atoms with Crippen LogP contribution in [0.25, 0.3) is 10.9 Å². The fourth-order valence-electron chi connectivity index (χ4n) is 2.98. The maximum Gasteiger partial charge on any atom is 0.253 e. The third-order valence-electron chi connectivity index (χ3n) is 4.33. The largest absolute Gasteiger partial charge is 0.350 e. The van der Waals surface area contributed by atoms with E-state index in [9.17, 15) is 4.79 Å². The highest BCUT2D eigenvalue weighted by molar-refractivity contribution is 6.07. The molecule has 0 aliphatic rings. The van der Waals surface area contributed by atoms with Crippen molar-refractivity contribution in [2.75, 3.05) is 0 Å². The Balaban J connectivity index is 1.88. The molecule has 23 heavy (non-hydrogen) atoms. The van der Waals surface area contributed by atoms with Gasteiger partial charge in [-0.15, -0.1) is 0 Å². The van der Waals surface area contributed by atoms with Gasteiger partial charge in [-0.1, -0.05) is 55.0 Å². The molecule has 1 heterocycles. The normalized spacial score (nSPS) is 12.3. The van der Waals surface area contributed by atoms with Crippen molar-refractivity contribution in [3.8, 4) is 0 Å². The van der Waals surface area contributed by atoms with Crippen LogP contribution in [0, 0.1) is 6.92 Å². The van der Waals surface area contributed by atoms with Gasteiger partial charge in [-0.3, -0.25) is 4.79 Å². The van der Waals surface area contributed by atoms with Gasteiger partial charge in [0.2, 0.25) is 0 Å². The smallest absolute Gasteiger partial charge is 0.253 e. The van der Waals surface area contributed by atoms with Crippen molar-refractivity contribution in [3.63, 3.8) is 0 Å². The van der Waals surface area contributed by atoms with Crippen molar-refractivity contribution >= 4 is 16.8 Å². The van der Waals surface area contributed by atoms with Gasteiger partial charge in [-0.25, -0.2) is 0 Å². The molecule has 3 nitrogen and oxygen atoms in total. The summed E-state index contributed by atoms with van der Waals surface area (Å²) in [6.45, 7) is 4.16. The standard InChI is InChI=1S/C20H22N2O/c1-4-18(15-11-9-14(2)10-12-15)21-20(23)17-13-22(3)19-8-6-5-7-16(17)19/h5-13,18H,4H2,1-3H3,(H,21,23)/t18-/m1/s1. The molecule has 0 saturated heterocycles. The van der Waals surface area contributed by atoms with Crippen LogP contribution in [-0.4, -0.2) is 10.5 Å². The summed E-state index contributed by atoms with van der Waals surface area (Å²) in [6, 6.07) is 16.4. The number of hydrogen-bond acceptors (Lipinski definition) is 1. The lowest BCUT2D eigenvalue weighted by Gasteiger charge is -2.17. The number of nitrogens with zero attached hydrogens (tertiary/aromatic N) is 1. The molecule has 118 valence electrons. The second-order valence-electron chi connectivity index (χ2n) is 6.02. The van der Waals surface area contributed by atoms with Crippen molar-refractivity contribution in [2.45, 2.75) is 26.3 Å². The molecular weight excluding hydrogens is 284 g/mol. The van der Waals surface area contributed by atoms with Crippen molar-refractivity contribution in [3.05, 3.63) is 71.4 Å². The Bertz CT molecular complexity index is 830. The number of amides is 1. The zero-order chi connectivity index (χ0) is 16.4. The molecule has 1 N–H and O–H groups in total. The van der Waals surface area contributed by atoms with Crippen LogP contribution in [-0.2, 0) is 7.05 Å². The minimum absolute atomic E-state index is 0.0192. The number of carbonyl (C=O) groups excluding carboxylic acids is 1. The summed E-state index contributed by atoms with van der Waals surface area (Å²) in [5.41, 5.74) is 4.17. The van der Waals surface area contributed by atoms with Crippen LogP contribution in [0.3, 0.4) is 0 Å². The lowest BCUT2D eigenvalue weighted by Crippen LogP contribution is -2.28. The maximum atomic E-state index is 12.8. The first-order valence-corrected chi connectivity index (χ1v) is 8.01. The number of aromatic nitrogens is 1. The average Bonchev–Trinajstić information content (AvgIpc) is 2.91. The Morgan fingerprint density at radius 2 is 1.83 bits per heavy atom. The molecule has 0 aliphatic heterocycles. The van der Waals surface area contributed by atoms with E-state index in [-0.39, 0.29) is 11.9 Å². The van der Waals surface area contributed by atoms with Gasteiger partial charge < -0.3 is 9.88 Å². The SMILES string of the molecule is CC[C@@H](NC(=O)c1cn(C)c2ccccc12)c1ccc(C)cc1. The van der Waals surface area contributed by atoms with Crippen LogP contribution >= 0.6 is 0 Å². The first kappa shape index (κ1) is 15.3. The van der Waals surface area contributed by atoms with E-state index in [0.29, 0.717) is 0 Å². The zero-order valence-electron chi connectivity index (χ0n) is 13.8. The molecule has 0 saturated carbocycles. The molecule has 0 radical (unpaired) electrons. The molecular formula is C20H22N2O. The van der Waals surface area contributed by atoms with Crippen molar-refractivity contribution < 1.29 is 4.79 Å². The third-order valence-corrected chi connectivity index (χ3v) is 4.33. The minimum Gasteiger partial charge on any atom is -0.350 e. The number of benzene rings is 2. The Morgan fingerprint density at radius 1 is 1.13 bits per heavy atom. The van der Waals surface area contributed by atoms with E-state index in [1.54, 1.807) is 0 Å². The van der Waals surface area contributed by atoms with Crippen LogP contribution in [0.2, 0.25) is 0 Å². The Morgan fingerprint density at radius 3 is 2.52 bits per heavy atom. The highest BCUT2D eigenvalue weighted by Gasteiger charge is 2.17. The summed E-state index contributed by atoms with van der Waals surface area (Å²) < 4.78 is 2.00. The third kappa shape index (κ3) is 3.00. The molecule has 1 atom stereocenters. The van der Waals surface area contributed by atoms with Gasteiger partial charge in [0, 0.05) is 24.1 Å². The van der Waals surface area contributed by atoms with Crippen LogP contribution in [0.5, 0.6) is 0 Å². The van der Waals surface area contributed by atoms with Crippen LogP contribution in [0.15, 0.2) is 54.7 Å². The molecule has 0 unspecified atom stereocenters. The Kier molecular flexibility index (Phi) is 4.20. The van der Waals surface area contributed by atoms with Gasteiger partial charge in [0.15, 0.2) is 0 Å². The van der Waals surface area contributed by atoms with E-state index in [0.717, 1.165) is 28.5 Å². The van der Waals surface area contributed by atoms with E-state index >= 15 is 0 Å².